The van der Waals surface area contributed by atoms with Crippen molar-refractivity contribution in [3.8, 4) is 5.88 Å². The first-order valence-corrected chi connectivity index (χ1v) is 8.47. The van der Waals surface area contributed by atoms with E-state index in [1.165, 1.54) is 12.7 Å². The number of esters is 1. The summed E-state index contributed by atoms with van der Waals surface area (Å²) in [5, 5.41) is 3.36. The van der Waals surface area contributed by atoms with Gasteiger partial charge in [-0.2, -0.15) is 4.98 Å². The van der Waals surface area contributed by atoms with Crippen molar-refractivity contribution in [2.24, 2.45) is 0 Å². The largest absolute Gasteiger partial charge is 0.467 e. The van der Waals surface area contributed by atoms with Crippen LogP contribution in [0.15, 0.2) is 48.5 Å². The zero-order chi connectivity index (χ0) is 19.2. The maximum atomic E-state index is 12.2. The zero-order valence-electron chi connectivity index (χ0n) is 15.1. The standard InChI is InChI=1S/C20H19N3O4/c1-3-13-8-10-14(11-9-13)21-17(24)12-27-19-15-6-4-5-7-16(15)22-18(23-19)20(25)26-2/h4-11H,3,12H2,1-2H3,(H,21,24). The SMILES string of the molecule is CCc1ccc(NC(=O)COc2nc(C(=O)OC)nc3ccccc23)cc1. The fourth-order valence-electron chi connectivity index (χ4n) is 2.49. The number of aromatic nitrogens is 2. The number of benzene rings is 2. The smallest absolute Gasteiger partial charge is 0.376 e. The molecule has 3 aromatic rings. The maximum absolute atomic E-state index is 12.2. The molecule has 0 aliphatic carbocycles. The third kappa shape index (κ3) is 4.38. The van der Waals surface area contributed by atoms with Gasteiger partial charge in [-0.3, -0.25) is 4.79 Å². The molecule has 0 saturated carbocycles. The van der Waals surface area contributed by atoms with Crippen LogP contribution in [0, 0.1) is 0 Å². The second-order valence-electron chi connectivity index (χ2n) is 5.75. The lowest BCUT2D eigenvalue weighted by molar-refractivity contribution is -0.118. The number of para-hydroxylation sites is 1. The quantitative estimate of drug-likeness (QED) is 0.676. The number of fused-ring (bicyclic) bond motifs is 1. The van der Waals surface area contributed by atoms with Crippen LogP contribution in [0.3, 0.4) is 0 Å². The van der Waals surface area contributed by atoms with Gasteiger partial charge in [0.25, 0.3) is 5.91 Å². The molecule has 7 nitrogen and oxygen atoms in total. The van der Waals surface area contributed by atoms with E-state index < -0.39 is 5.97 Å². The lowest BCUT2D eigenvalue weighted by Crippen LogP contribution is -2.21. The Bertz CT molecular complexity index is 971. The van der Waals surface area contributed by atoms with Crippen molar-refractivity contribution in [1.29, 1.82) is 0 Å². The molecule has 0 spiro atoms. The highest BCUT2D eigenvalue weighted by Gasteiger charge is 2.16. The molecule has 27 heavy (non-hydrogen) atoms. The number of carbonyl (C=O) groups is 2. The van der Waals surface area contributed by atoms with Crippen LogP contribution in [0.5, 0.6) is 5.88 Å². The number of hydrogen-bond acceptors (Lipinski definition) is 6. The van der Waals surface area contributed by atoms with E-state index in [0.717, 1.165) is 6.42 Å². The molecule has 0 radical (unpaired) electrons. The van der Waals surface area contributed by atoms with Crippen LogP contribution < -0.4 is 10.1 Å². The van der Waals surface area contributed by atoms with Crippen LogP contribution >= 0.6 is 0 Å². The van der Waals surface area contributed by atoms with E-state index in [2.05, 4.69) is 26.9 Å². The van der Waals surface area contributed by atoms with Gasteiger partial charge in [-0.1, -0.05) is 31.2 Å². The van der Waals surface area contributed by atoms with Gasteiger partial charge in [0.2, 0.25) is 11.7 Å². The summed E-state index contributed by atoms with van der Waals surface area (Å²) >= 11 is 0. The molecule has 1 amide bonds. The monoisotopic (exact) mass is 365 g/mol. The zero-order valence-corrected chi connectivity index (χ0v) is 15.1. The van der Waals surface area contributed by atoms with Gasteiger partial charge in [0, 0.05) is 5.69 Å². The molecule has 0 aliphatic rings. The highest BCUT2D eigenvalue weighted by atomic mass is 16.5. The number of nitrogens with one attached hydrogen (secondary N) is 1. The fourth-order valence-corrected chi connectivity index (χ4v) is 2.49. The van der Waals surface area contributed by atoms with Gasteiger partial charge >= 0.3 is 5.97 Å². The number of anilines is 1. The molecule has 0 bridgehead atoms. The van der Waals surface area contributed by atoms with E-state index in [-0.39, 0.29) is 24.2 Å². The predicted molar refractivity (Wildman–Crippen MR) is 101 cm³/mol. The first-order chi connectivity index (χ1) is 13.1. The molecular formula is C20H19N3O4. The summed E-state index contributed by atoms with van der Waals surface area (Å²) in [4.78, 5) is 32.2. The fraction of sp³-hybridized carbons (Fsp3) is 0.200. The van der Waals surface area contributed by atoms with Gasteiger partial charge in [0.05, 0.1) is 18.0 Å². The van der Waals surface area contributed by atoms with Gasteiger partial charge in [0.1, 0.15) is 0 Å². The number of hydrogen-bond donors (Lipinski definition) is 1. The molecule has 3 rings (SSSR count). The van der Waals surface area contributed by atoms with E-state index in [1.807, 2.05) is 24.3 Å². The number of rotatable bonds is 6. The number of nitrogens with zero attached hydrogens (tertiary/aromatic N) is 2. The maximum Gasteiger partial charge on any atom is 0.376 e. The minimum atomic E-state index is -0.675. The Morgan fingerprint density at radius 3 is 2.48 bits per heavy atom. The lowest BCUT2D eigenvalue weighted by Gasteiger charge is -2.10. The summed E-state index contributed by atoms with van der Waals surface area (Å²) in [5.74, 6) is -0.980. The number of amides is 1. The van der Waals surface area contributed by atoms with Crippen LogP contribution in [0.1, 0.15) is 23.1 Å². The van der Waals surface area contributed by atoms with E-state index in [1.54, 1.807) is 24.3 Å². The summed E-state index contributed by atoms with van der Waals surface area (Å²) < 4.78 is 10.2. The average molecular weight is 365 g/mol. The van der Waals surface area contributed by atoms with Gasteiger partial charge in [-0.25, -0.2) is 9.78 Å². The van der Waals surface area contributed by atoms with Crippen molar-refractivity contribution in [3.05, 3.63) is 59.9 Å². The van der Waals surface area contributed by atoms with Crippen LogP contribution in [0.2, 0.25) is 0 Å². The molecule has 0 atom stereocenters. The lowest BCUT2D eigenvalue weighted by atomic mass is 10.1. The molecule has 0 saturated heterocycles. The number of methoxy groups -OCH3 is 1. The van der Waals surface area contributed by atoms with Gasteiger partial charge in [-0.15, -0.1) is 0 Å². The second-order valence-corrected chi connectivity index (χ2v) is 5.75. The van der Waals surface area contributed by atoms with Gasteiger partial charge in [-0.05, 0) is 36.2 Å². The molecule has 138 valence electrons. The molecule has 0 unspecified atom stereocenters. The van der Waals surface area contributed by atoms with Gasteiger partial charge in [0.15, 0.2) is 6.61 Å². The normalized spacial score (nSPS) is 10.4. The summed E-state index contributed by atoms with van der Waals surface area (Å²) in [6, 6.07) is 14.7. The molecular weight excluding hydrogens is 346 g/mol. The molecule has 1 heterocycles. The third-order valence-electron chi connectivity index (χ3n) is 3.92. The Morgan fingerprint density at radius 2 is 1.78 bits per heavy atom. The van der Waals surface area contributed by atoms with Crippen molar-refractivity contribution in [3.63, 3.8) is 0 Å². The van der Waals surface area contributed by atoms with Crippen LogP contribution in [-0.4, -0.2) is 35.6 Å². The van der Waals surface area contributed by atoms with E-state index in [9.17, 15) is 9.59 Å². The Morgan fingerprint density at radius 1 is 1.04 bits per heavy atom. The molecule has 0 fully saturated rings. The first-order valence-electron chi connectivity index (χ1n) is 8.47. The topological polar surface area (TPSA) is 90.4 Å². The number of aryl methyl sites for hydroxylation is 1. The highest BCUT2D eigenvalue weighted by molar-refractivity contribution is 5.93. The van der Waals surface area contributed by atoms with E-state index >= 15 is 0 Å². The predicted octanol–water partition coefficient (Wildman–Crippen LogP) is 3.00. The Labute approximate surface area is 156 Å². The van der Waals surface area contributed by atoms with Crippen molar-refractivity contribution in [1.82, 2.24) is 9.97 Å². The number of carbonyl (C=O) groups excluding carboxylic acids is 2. The van der Waals surface area contributed by atoms with E-state index in [0.29, 0.717) is 16.6 Å². The molecule has 1 N–H and O–H groups in total. The summed E-state index contributed by atoms with van der Waals surface area (Å²) in [5.41, 5.74) is 2.40. The summed E-state index contributed by atoms with van der Waals surface area (Å²) in [6.45, 7) is 1.81. The first kappa shape index (κ1) is 18.3. The minimum absolute atomic E-state index is 0.123. The second kappa shape index (κ2) is 8.27. The average Bonchev–Trinajstić information content (AvgIpc) is 2.71. The Hall–Kier alpha value is -3.48. The summed E-state index contributed by atoms with van der Waals surface area (Å²) in [6.07, 6.45) is 0.931. The van der Waals surface area contributed by atoms with Crippen LogP contribution in [-0.2, 0) is 16.0 Å². The van der Waals surface area contributed by atoms with Gasteiger partial charge < -0.3 is 14.8 Å². The third-order valence-corrected chi connectivity index (χ3v) is 3.92. The molecule has 7 heteroatoms. The van der Waals surface area contributed by atoms with Crippen molar-refractivity contribution < 1.29 is 19.1 Å². The molecule has 1 aromatic heterocycles. The van der Waals surface area contributed by atoms with Crippen molar-refractivity contribution >= 4 is 28.5 Å². The van der Waals surface area contributed by atoms with Crippen LogP contribution in [0.25, 0.3) is 10.9 Å². The number of ether oxygens (including phenoxy) is 2. The van der Waals surface area contributed by atoms with Crippen LogP contribution in [0.4, 0.5) is 5.69 Å². The van der Waals surface area contributed by atoms with E-state index in [4.69, 9.17) is 4.74 Å². The van der Waals surface area contributed by atoms with Crippen molar-refractivity contribution in [2.75, 3.05) is 19.0 Å². The Kier molecular flexibility index (Phi) is 5.61. The Balaban J connectivity index is 1.75. The highest BCUT2D eigenvalue weighted by Crippen LogP contribution is 2.22. The molecule has 0 aliphatic heterocycles. The molecule has 2 aromatic carbocycles. The minimum Gasteiger partial charge on any atom is -0.467 e. The summed E-state index contributed by atoms with van der Waals surface area (Å²) in [7, 11) is 1.25. The van der Waals surface area contributed by atoms with Crippen molar-refractivity contribution in [2.45, 2.75) is 13.3 Å².